The van der Waals surface area contributed by atoms with Crippen LogP contribution in [0.25, 0.3) is 10.9 Å². The van der Waals surface area contributed by atoms with Crippen molar-refractivity contribution in [1.82, 2.24) is 9.29 Å². The molecule has 0 aliphatic carbocycles. The molecule has 6 heteroatoms. The van der Waals surface area contributed by atoms with Crippen LogP contribution in [-0.4, -0.2) is 19.0 Å². The summed E-state index contributed by atoms with van der Waals surface area (Å²) >= 11 is 0. The number of para-hydroxylation sites is 1. The van der Waals surface area contributed by atoms with Gasteiger partial charge in [-0.15, -0.1) is 0 Å². The second-order valence-electron chi connectivity index (χ2n) is 5.43. The average Bonchev–Trinajstić information content (AvgIpc) is 3.08. The number of fused-ring (bicyclic) bond motifs is 1. The fourth-order valence-corrected chi connectivity index (χ4v) is 4.15. The van der Waals surface area contributed by atoms with Crippen molar-refractivity contribution in [3.8, 4) is 0 Å². The lowest BCUT2D eigenvalue weighted by atomic mass is 10.2. The Kier molecular flexibility index (Phi) is 3.80. The third kappa shape index (κ3) is 2.80. The highest BCUT2D eigenvalue weighted by atomic mass is 32.2. The third-order valence-corrected chi connectivity index (χ3v) is 5.22. The van der Waals surface area contributed by atoms with Crippen LogP contribution in [0.2, 0.25) is 0 Å². The molecule has 0 fully saturated rings. The van der Waals surface area contributed by atoms with Gasteiger partial charge >= 0.3 is 0 Å². The van der Waals surface area contributed by atoms with Crippen molar-refractivity contribution in [3.05, 3.63) is 54.6 Å². The molecule has 5 nitrogen and oxygen atoms in total. The number of hydrogen-bond donors (Lipinski definition) is 1. The highest BCUT2D eigenvalue weighted by molar-refractivity contribution is 7.89. The Morgan fingerprint density at radius 3 is 2.77 bits per heavy atom. The summed E-state index contributed by atoms with van der Waals surface area (Å²) in [6.45, 7) is 1.82. The van der Waals surface area contributed by atoms with Gasteiger partial charge in [0.25, 0.3) is 0 Å². The van der Waals surface area contributed by atoms with Gasteiger partial charge < -0.3 is 8.98 Å². The lowest BCUT2D eigenvalue weighted by Crippen LogP contribution is -2.34. The molecule has 0 aliphatic rings. The van der Waals surface area contributed by atoms with Gasteiger partial charge in [-0.25, -0.2) is 13.1 Å². The Bertz CT molecular complexity index is 879. The second kappa shape index (κ2) is 5.62. The third-order valence-electron chi connectivity index (χ3n) is 3.59. The molecule has 1 unspecified atom stereocenters. The smallest absolute Gasteiger partial charge is 0.242 e. The number of sulfonamides is 1. The molecule has 3 aromatic rings. The van der Waals surface area contributed by atoms with E-state index in [0.29, 0.717) is 16.8 Å². The lowest BCUT2D eigenvalue weighted by molar-refractivity contribution is 0.479. The molecule has 3 rings (SSSR count). The predicted molar refractivity (Wildman–Crippen MR) is 85.1 cm³/mol. The van der Waals surface area contributed by atoms with E-state index in [1.54, 1.807) is 24.5 Å². The average molecular weight is 318 g/mol. The zero-order valence-electron chi connectivity index (χ0n) is 12.5. The maximum atomic E-state index is 12.7. The van der Waals surface area contributed by atoms with Gasteiger partial charge in [0.15, 0.2) is 0 Å². The van der Waals surface area contributed by atoms with Crippen molar-refractivity contribution in [2.75, 3.05) is 0 Å². The first kappa shape index (κ1) is 14.9. The van der Waals surface area contributed by atoms with E-state index >= 15 is 0 Å². The fraction of sp³-hybridized carbons (Fsp3) is 0.250. The summed E-state index contributed by atoms with van der Waals surface area (Å²) in [5.41, 5.74) is 0.709. The standard InChI is InChI=1S/C16H18N2O3S/c1-12(11-14-6-4-10-21-14)17-22(19,20)15-7-3-5-13-8-9-18(2)16(13)15/h3-10,12,17H,11H2,1-2H3. The number of nitrogens with one attached hydrogen (secondary N) is 1. The molecule has 0 spiro atoms. The van der Waals surface area contributed by atoms with Gasteiger partial charge in [-0.05, 0) is 31.2 Å². The van der Waals surface area contributed by atoms with Crippen LogP contribution >= 0.6 is 0 Å². The van der Waals surface area contributed by atoms with Crippen LogP contribution in [0.15, 0.2) is 58.2 Å². The monoisotopic (exact) mass is 318 g/mol. The van der Waals surface area contributed by atoms with Gasteiger partial charge in [-0.2, -0.15) is 0 Å². The molecular weight excluding hydrogens is 300 g/mol. The van der Waals surface area contributed by atoms with E-state index in [1.165, 1.54) is 0 Å². The van der Waals surface area contributed by atoms with E-state index in [0.717, 1.165) is 11.1 Å². The molecule has 0 bridgehead atoms. The van der Waals surface area contributed by atoms with Gasteiger partial charge in [0.1, 0.15) is 10.7 Å². The maximum absolute atomic E-state index is 12.7. The quantitative estimate of drug-likeness (QED) is 0.786. The Hall–Kier alpha value is -2.05. The number of furan rings is 1. The van der Waals surface area contributed by atoms with Gasteiger partial charge in [-0.1, -0.05) is 12.1 Å². The van der Waals surface area contributed by atoms with E-state index in [-0.39, 0.29) is 6.04 Å². The zero-order valence-corrected chi connectivity index (χ0v) is 13.3. The molecule has 116 valence electrons. The Labute approximate surface area is 129 Å². The van der Waals surface area contributed by atoms with Gasteiger partial charge in [0, 0.05) is 31.1 Å². The number of hydrogen-bond acceptors (Lipinski definition) is 3. The predicted octanol–water partition coefficient (Wildman–Crippen LogP) is 2.68. The van der Waals surface area contributed by atoms with Crippen molar-refractivity contribution in [1.29, 1.82) is 0 Å². The fourth-order valence-electron chi connectivity index (χ4n) is 2.64. The van der Waals surface area contributed by atoms with Crippen molar-refractivity contribution < 1.29 is 12.8 Å². The van der Waals surface area contributed by atoms with Crippen LogP contribution in [0.4, 0.5) is 0 Å². The first-order valence-corrected chi connectivity index (χ1v) is 8.54. The molecule has 0 amide bonds. The number of aryl methyl sites for hydroxylation is 1. The molecule has 1 N–H and O–H groups in total. The van der Waals surface area contributed by atoms with E-state index in [9.17, 15) is 8.42 Å². The Balaban J connectivity index is 1.90. The summed E-state index contributed by atoms with van der Waals surface area (Å²) in [4.78, 5) is 0.295. The van der Waals surface area contributed by atoms with Crippen LogP contribution in [0.5, 0.6) is 0 Å². The minimum absolute atomic E-state index is 0.258. The first-order chi connectivity index (χ1) is 10.5. The summed E-state index contributed by atoms with van der Waals surface area (Å²) in [7, 11) is -1.75. The van der Waals surface area contributed by atoms with Crippen LogP contribution in [0.3, 0.4) is 0 Å². The van der Waals surface area contributed by atoms with Crippen LogP contribution in [0, 0.1) is 0 Å². The lowest BCUT2D eigenvalue weighted by Gasteiger charge is -2.14. The molecule has 0 saturated carbocycles. The van der Waals surface area contributed by atoms with E-state index in [1.807, 2.05) is 42.9 Å². The zero-order chi connectivity index (χ0) is 15.7. The summed E-state index contributed by atoms with van der Waals surface area (Å²) in [5, 5.41) is 0.907. The largest absolute Gasteiger partial charge is 0.469 e. The minimum Gasteiger partial charge on any atom is -0.469 e. The van der Waals surface area contributed by atoms with E-state index in [4.69, 9.17) is 4.42 Å². The summed E-state index contributed by atoms with van der Waals surface area (Å²) < 4.78 is 35.2. The Morgan fingerprint density at radius 2 is 2.05 bits per heavy atom. The van der Waals surface area contributed by atoms with Crippen molar-refractivity contribution in [3.63, 3.8) is 0 Å². The minimum atomic E-state index is -3.59. The van der Waals surface area contributed by atoms with E-state index < -0.39 is 10.0 Å². The molecule has 0 radical (unpaired) electrons. The van der Waals surface area contributed by atoms with Gasteiger partial charge in [-0.3, -0.25) is 0 Å². The molecule has 22 heavy (non-hydrogen) atoms. The van der Waals surface area contributed by atoms with E-state index in [2.05, 4.69) is 4.72 Å². The second-order valence-corrected chi connectivity index (χ2v) is 7.11. The normalized spacial score (nSPS) is 13.5. The molecular formula is C16H18N2O3S. The summed E-state index contributed by atoms with van der Waals surface area (Å²) in [5.74, 6) is 0.757. The molecule has 1 atom stereocenters. The molecule has 0 saturated heterocycles. The number of aromatic nitrogens is 1. The highest BCUT2D eigenvalue weighted by Gasteiger charge is 2.21. The maximum Gasteiger partial charge on any atom is 0.242 e. The van der Waals surface area contributed by atoms with Crippen LogP contribution in [-0.2, 0) is 23.5 Å². The SMILES string of the molecule is CC(Cc1ccco1)NS(=O)(=O)c1cccc2ccn(C)c12. The van der Waals surface area contributed by atoms with Crippen molar-refractivity contribution >= 4 is 20.9 Å². The van der Waals surface area contributed by atoms with Crippen molar-refractivity contribution in [2.24, 2.45) is 7.05 Å². The topological polar surface area (TPSA) is 64.2 Å². The number of benzene rings is 1. The highest BCUT2D eigenvalue weighted by Crippen LogP contribution is 2.23. The molecule has 2 heterocycles. The first-order valence-electron chi connectivity index (χ1n) is 7.06. The van der Waals surface area contributed by atoms with Gasteiger partial charge in [0.05, 0.1) is 11.8 Å². The summed E-state index contributed by atoms with van der Waals surface area (Å²) in [6, 6.07) is 10.6. The van der Waals surface area contributed by atoms with Gasteiger partial charge in [0.2, 0.25) is 10.0 Å². The van der Waals surface area contributed by atoms with Crippen molar-refractivity contribution in [2.45, 2.75) is 24.3 Å². The Morgan fingerprint density at radius 1 is 1.23 bits per heavy atom. The molecule has 1 aromatic carbocycles. The number of nitrogens with zero attached hydrogens (tertiary/aromatic N) is 1. The number of rotatable bonds is 5. The van der Waals surface area contributed by atoms with Crippen LogP contribution in [0.1, 0.15) is 12.7 Å². The molecule has 0 aliphatic heterocycles. The van der Waals surface area contributed by atoms with Crippen LogP contribution < -0.4 is 4.72 Å². The molecule has 2 aromatic heterocycles. The summed E-state index contributed by atoms with van der Waals surface area (Å²) in [6.07, 6.45) is 3.95.